The highest BCUT2D eigenvalue weighted by molar-refractivity contribution is 5.86. The lowest BCUT2D eigenvalue weighted by Crippen LogP contribution is -2.45. The summed E-state index contributed by atoms with van der Waals surface area (Å²) in [5.41, 5.74) is 0. The highest BCUT2D eigenvalue weighted by atomic mass is 16.2. The van der Waals surface area contributed by atoms with Crippen LogP contribution in [0, 0.1) is 5.92 Å². The Hall–Kier alpha value is -1.85. The fourth-order valence-corrected chi connectivity index (χ4v) is 2.26. The summed E-state index contributed by atoms with van der Waals surface area (Å²) in [6, 6.07) is 1.85. The molecule has 2 heterocycles. The zero-order chi connectivity index (χ0) is 13.8. The third-order valence-electron chi connectivity index (χ3n) is 3.44. The summed E-state index contributed by atoms with van der Waals surface area (Å²) in [6.07, 6.45) is 4.63. The molecule has 104 valence electrons. The van der Waals surface area contributed by atoms with E-state index in [0.717, 1.165) is 6.42 Å². The Bertz CT molecular complexity index is 444. The van der Waals surface area contributed by atoms with Gasteiger partial charge in [-0.05, 0) is 19.4 Å². The second-order valence-electron chi connectivity index (χ2n) is 5.14. The first kappa shape index (κ1) is 13.6. The number of nitrogens with one attached hydrogen (secondary N) is 1. The first-order chi connectivity index (χ1) is 9.06. The van der Waals surface area contributed by atoms with Crippen molar-refractivity contribution < 1.29 is 9.59 Å². The van der Waals surface area contributed by atoms with Crippen LogP contribution in [0.15, 0.2) is 18.5 Å². The molecule has 6 nitrogen and oxygen atoms in total. The minimum absolute atomic E-state index is 0.00200. The highest BCUT2D eigenvalue weighted by Crippen LogP contribution is 2.17. The summed E-state index contributed by atoms with van der Waals surface area (Å²) in [7, 11) is 1.77. The molecule has 1 aliphatic heterocycles. The van der Waals surface area contributed by atoms with E-state index in [1.165, 1.54) is 0 Å². The number of rotatable bonds is 4. The van der Waals surface area contributed by atoms with E-state index in [-0.39, 0.29) is 23.8 Å². The molecule has 1 fully saturated rings. The fraction of sp³-hybridized carbons (Fsp3) is 0.615. The normalized spacial score (nSPS) is 21.3. The van der Waals surface area contributed by atoms with Gasteiger partial charge in [-0.1, -0.05) is 0 Å². The van der Waals surface area contributed by atoms with Crippen molar-refractivity contribution in [2.45, 2.75) is 32.4 Å². The molecule has 1 aromatic rings. The minimum Gasteiger partial charge on any atom is -0.352 e. The molecule has 6 heteroatoms. The molecular formula is C13H20N4O2. The molecule has 0 saturated carbocycles. The number of hydrogen-bond acceptors (Lipinski definition) is 3. The van der Waals surface area contributed by atoms with Crippen LogP contribution in [-0.2, 0) is 16.1 Å². The quantitative estimate of drug-likeness (QED) is 0.848. The molecule has 2 unspecified atom stereocenters. The van der Waals surface area contributed by atoms with Gasteiger partial charge in [0.25, 0.3) is 0 Å². The van der Waals surface area contributed by atoms with Crippen LogP contribution < -0.4 is 5.32 Å². The number of carbonyl (C=O) groups is 2. The summed E-state index contributed by atoms with van der Waals surface area (Å²) >= 11 is 0. The molecular weight excluding hydrogens is 244 g/mol. The van der Waals surface area contributed by atoms with E-state index in [9.17, 15) is 9.59 Å². The third kappa shape index (κ3) is 3.56. The summed E-state index contributed by atoms with van der Waals surface area (Å²) in [4.78, 5) is 25.3. The number of amides is 2. The Balaban J connectivity index is 1.82. The lowest BCUT2D eigenvalue weighted by Gasteiger charge is -2.28. The monoisotopic (exact) mass is 264 g/mol. The topological polar surface area (TPSA) is 67.2 Å². The van der Waals surface area contributed by atoms with Gasteiger partial charge in [0, 0.05) is 44.4 Å². The van der Waals surface area contributed by atoms with Crippen molar-refractivity contribution >= 4 is 11.8 Å². The van der Waals surface area contributed by atoms with Crippen molar-refractivity contribution in [3.8, 4) is 0 Å². The number of aromatic nitrogens is 2. The maximum Gasteiger partial charge on any atom is 0.223 e. The van der Waals surface area contributed by atoms with E-state index in [1.54, 1.807) is 22.8 Å². The van der Waals surface area contributed by atoms with Gasteiger partial charge in [-0.2, -0.15) is 5.10 Å². The van der Waals surface area contributed by atoms with Gasteiger partial charge in [0.05, 0.1) is 6.54 Å². The minimum atomic E-state index is -0.191. The molecule has 0 bridgehead atoms. The van der Waals surface area contributed by atoms with E-state index in [1.807, 2.05) is 19.2 Å². The molecule has 1 aromatic heterocycles. The van der Waals surface area contributed by atoms with Crippen LogP contribution >= 0.6 is 0 Å². The number of piperidine rings is 1. The molecule has 0 spiro atoms. The number of carbonyl (C=O) groups excluding carboxylic acids is 2. The zero-order valence-corrected chi connectivity index (χ0v) is 11.4. The second-order valence-corrected chi connectivity index (χ2v) is 5.14. The van der Waals surface area contributed by atoms with E-state index in [0.29, 0.717) is 19.5 Å². The standard InChI is InChI=1S/C13H20N4O2/c1-10(9-17-6-3-5-14-17)15-13(19)11-4-7-16(2)12(18)8-11/h3,5-6,10-11H,4,7-9H2,1-2H3,(H,15,19). The first-order valence-electron chi connectivity index (χ1n) is 6.58. The predicted molar refractivity (Wildman–Crippen MR) is 70.2 cm³/mol. The summed E-state index contributed by atoms with van der Waals surface area (Å²) in [5.74, 6) is -0.170. The largest absolute Gasteiger partial charge is 0.352 e. The average Bonchev–Trinajstić information content (AvgIpc) is 2.85. The van der Waals surface area contributed by atoms with Gasteiger partial charge in [0.2, 0.25) is 11.8 Å². The molecule has 1 aliphatic rings. The number of hydrogen-bond donors (Lipinski definition) is 1. The SMILES string of the molecule is CC(Cn1cccn1)NC(=O)C1CCN(C)C(=O)C1. The third-order valence-corrected chi connectivity index (χ3v) is 3.44. The lowest BCUT2D eigenvalue weighted by atomic mass is 9.95. The zero-order valence-electron chi connectivity index (χ0n) is 11.4. The Labute approximate surface area is 112 Å². The number of likely N-dealkylation sites (tertiary alicyclic amines) is 1. The van der Waals surface area contributed by atoms with Gasteiger partial charge < -0.3 is 10.2 Å². The number of nitrogens with zero attached hydrogens (tertiary/aromatic N) is 3. The van der Waals surface area contributed by atoms with Crippen molar-refractivity contribution in [2.24, 2.45) is 5.92 Å². The van der Waals surface area contributed by atoms with E-state index < -0.39 is 0 Å². The lowest BCUT2D eigenvalue weighted by molar-refractivity contribution is -0.139. The van der Waals surface area contributed by atoms with Crippen LogP contribution in [0.2, 0.25) is 0 Å². The Morgan fingerprint density at radius 3 is 3.05 bits per heavy atom. The van der Waals surface area contributed by atoms with Crippen LogP contribution in [0.4, 0.5) is 0 Å². The predicted octanol–water partition coefficient (Wildman–Crippen LogP) is 0.256. The summed E-state index contributed by atoms with van der Waals surface area (Å²) in [6.45, 7) is 3.24. The summed E-state index contributed by atoms with van der Waals surface area (Å²) in [5, 5.41) is 7.06. The van der Waals surface area contributed by atoms with Crippen molar-refractivity contribution in [3.05, 3.63) is 18.5 Å². The fourth-order valence-electron chi connectivity index (χ4n) is 2.26. The molecule has 2 rings (SSSR count). The van der Waals surface area contributed by atoms with Crippen molar-refractivity contribution in [3.63, 3.8) is 0 Å². The Morgan fingerprint density at radius 2 is 2.42 bits per heavy atom. The van der Waals surface area contributed by atoms with Crippen LogP contribution in [0.1, 0.15) is 19.8 Å². The van der Waals surface area contributed by atoms with Crippen molar-refractivity contribution in [1.82, 2.24) is 20.0 Å². The highest BCUT2D eigenvalue weighted by Gasteiger charge is 2.29. The van der Waals surface area contributed by atoms with E-state index in [4.69, 9.17) is 0 Å². The van der Waals surface area contributed by atoms with Gasteiger partial charge in [0.1, 0.15) is 0 Å². The molecule has 2 atom stereocenters. The van der Waals surface area contributed by atoms with Crippen LogP contribution in [-0.4, -0.2) is 46.1 Å². The molecule has 2 amide bonds. The maximum atomic E-state index is 12.1. The van der Waals surface area contributed by atoms with Crippen LogP contribution in [0.5, 0.6) is 0 Å². The van der Waals surface area contributed by atoms with E-state index in [2.05, 4.69) is 10.4 Å². The van der Waals surface area contributed by atoms with Gasteiger partial charge in [-0.25, -0.2) is 0 Å². The first-order valence-corrected chi connectivity index (χ1v) is 6.58. The molecule has 1 N–H and O–H groups in total. The van der Waals surface area contributed by atoms with Gasteiger partial charge in [-0.3, -0.25) is 14.3 Å². The molecule has 19 heavy (non-hydrogen) atoms. The molecule has 1 saturated heterocycles. The van der Waals surface area contributed by atoms with Crippen LogP contribution in [0.25, 0.3) is 0 Å². The maximum absolute atomic E-state index is 12.1. The smallest absolute Gasteiger partial charge is 0.223 e. The Morgan fingerprint density at radius 1 is 1.63 bits per heavy atom. The molecule has 0 aliphatic carbocycles. The van der Waals surface area contributed by atoms with Gasteiger partial charge >= 0.3 is 0 Å². The van der Waals surface area contributed by atoms with E-state index >= 15 is 0 Å². The van der Waals surface area contributed by atoms with Gasteiger partial charge in [0.15, 0.2) is 0 Å². The van der Waals surface area contributed by atoms with Crippen molar-refractivity contribution in [1.29, 1.82) is 0 Å². The second kappa shape index (κ2) is 5.86. The summed E-state index contributed by atoms with van der Waals surface area (Å²) < 4.78 is 1.78. The van der Waals surface area contributed by atoms with Gasteiger partial charge in [-0.15, -0.1) is 0 Å². The van der Waals surface area contributed by atoms with Crippen LogP contribution in [0.3, 0.4) is 0 Å². The average molecular weight is 264 g/mol. The Kier molecular flexibility index (Phi) is 4.19. The van der Waals surface area contributed by atoms with Crippen molar-refractivity contribution in [2.75, 3.05) is 13.6 Å². The molecule has 0 aromatic carbocycles. The molecule has 0 radical (unpaired) electrons.